The zero-order chi connectivity index (χ0) is 13.9. The van der Waals surface area contributed by atoms with E-state index in [9.17, 15) is 4.79 Å². The lowest BCUT2D eigenvalue weighted by atomic mass is 9.78. The summed E-state index contributed by atoms with van der Waals surface area (Å²) < 4.78 is 3.87. The number of aryl methyl sites for hydroxylation is 1. The molecule has 1 aliphatic rings. The average molecular weight is 302 g/mol. The van der Waals surface area contributed by atoms with Crippen molar-refractivity contribution in [1.82, 2.24) is 14.9 Å². The van der Waals surface area contributed by atoms with Gasteiger partial charge in [0.2, 0.25) is 0 Å². The lowest BCUT2D eigenvalue weighted by Crippen LogP contribution is -2.52. The molecule has 1 fully saturated rings. The first-order valence-corrected chi connectivity index (χ1v) is 8.10. The highest BCUT2D eigenvalue weighted by Crippen LogP contribution is 2.33. The van der Waals surface area contributed by atoms with Crippen molar-refractivity contribution in [2.24, 2.45) is 5.92 Å². The van der Waals surface area contributed by atoms with Gasteiger partial charge in [0.05, 0.1) is 11.2 Å². The Morgan fingerprint density at radius 2 is 2.21 bits per heavy atom. The third-order valence-corrected chi connectivity index (χ3v) is 5.24. The quantitative estimate of drug-likeness (QED) is 0.870. The summed E-state index contributed by atoms with van der Waals surface area (Å²) in [5.41, 5.74) is 0.525. The first-order valence-electron chi connectivity index (χ1n) is 6.80. The van der Waals surface area contributed by atoms with Crippen LogP contribution >= 0.6 is 23.1 Å². The second kappa shape index (κ2) is 6.18. The van der Waals surface area contributed by atoms with E-state index in [0.29, 0.717) is 10.8 Å². The Morgan fingerprint density at radius 3 is 2.79 bits per heavy atom. The van der Waals surface area contributed by atoms with Gasteiger partial charge in [-0.2, -0.15) is 0 Å². The lowest BCUT2D eigenvalue weighted by molar-refractivity contribution is 0.0875. The molecule has 1 amide bonds. The van der Waals surface area contributed by atoms with Crippen LogP contribution in [0.25, 0.3) is 0 Å². The minimum absolute atomic E-state index is 0.0675. The zero-order valence-corrected chi connectivity index (χ0v) is 13.0. The molecule has 0 unspecified atom stereocenters. The topological polar surface area (TPSA) is 54.9 Å². The molecule has 6 heteroatoms. The van der Waals surface area contributed by atoms with Gasteiger partial charge in [0.15, 0.2) is 0 Å². The van der Waals surface area contributed by atoms with Crippen LogP contribution in [0.4, 0.5) is 0 Å². The highest BCUT2D eigenvalue weighted by molar-refractivity contribution is 7.08. The number of nitrogens with one attached hydrogen (secondary N) is 1. The van der Waals surface area contributed by atoms with Crippen molar-refractivity contribution in [2.75, 3.05) is 5.88 Å². The molecule has 1 aromatic heterocycles. The van der Waals surface area contributed by atoms with Crippen molar-refractivity contribution in [3.05, 3.63) is 10.6 Å². The van der Waals surface area contributed by atoms with Crippen LogP contribution in [0.15, 0.2) is 0 Å². The summed E-state index contributed by atoms with van der Waals surface area (Å²) in [5, 5.41) is 7.12. The molecule has 1 aromatic rings. The summed E-state index contributed by atoms with van der Waals surface area (Å²) in [6.07, 6.45) is 4.88. The fourth-order valence-electron chi connectivity index (χ4n) is 2.52. The average Bonchev–Trinajstić information content (AvgIpc) is 2.90. The number of nitrogens with zero attached hydrogens (tertiary/aromatic N) is 2. The standard InChI is InChI=1S/C13H20ClN3OS/c1-3-10-11(19-17-16-10)12(18)15-13(8-14)6-4-9(2)5-7-13/h9H,3-8H2,1-2H3,(H,15,18). The first kappa shape index (κ1) is 14.7. The monoisotopic (exact) mass is 301 g/mol. The lowest BCUT2D eigenvalue weighted by Gasteiger charge is -2.38. The van der Waals surface area contributed by atoms with Gasteiger partial charge in [-0.25, -0.2) is 0 Å². The van der Waals surface area contributed by atoms with E-state index in [4.69, 9.17) is 11.6 Å². The second-order valence-electron chi connectivity index (χ2n) is 5.45. The molecule has 106 valence electrons. The Labute approximate surface area is 123 Å². The van der Waals surface area contributed by atoms with E-state index in [2.05, 4.69) is 21.8 Å². The van der Waals surface area contributed by atoms with Crippen LogP contribution < -0.4 is 5.32 Å². The normalized spacial score (nSPS) is 27.2. The maximum Gasteiger partial charge on any atom is 0.265 e. The summed E-state index contributed by atoms with van der Waals surface area (Å²) >= 11 is 7.29. The minimum atomic E-state index is -0.250. The number of halogens is 1. The largest absolute Gasteiger partial charge is 0.345 e. The number of carbonyl (C=O) groups excluding carboxylic acids is 1. The predicted molar refractivity (Wildman–Crippen MR) is 77.8 cm³/mol. The summed E-state index contributed by atoms with van der Waals surface area (Å²) in [4.78, 5) is 13.0. The number of hydrogen-bond donors (Lipinski definition) is 1. The van der Waals surface area contributed by atoms with Crippen LogP contribution in [0.2, 0.25) is 0 Å². The molecule has 2 rings (SSSR count). The molecule has 4 nitrogen and oxygen atoms in total. The van der Waals surface area contributed by atoms with Crippen LogP contribution in [-0.2, 0) is 6.42 Å². The van der Waals surface area contributed by atoms with Gasteiger partial charge in [-0.3, -0.25) is 4.79 Å². The summed E-state index contributed by atoms with van der Waals surface area (Å²) in [6.45, 7) is 4.23. The summed E-state index contributed by atoms with van der Waals surface area (Å²) in [7, 11) is 0. The van der Waals surface area contributed by atoms with E-state index < -0.39 is 0 Å². The van der Waals surface area contributed by atoms with Crippen molar-refractivity contribution in [1.29, 1.82) is 0 Å². The highest BCUT2D eigenvalue weighted by atomic mass is 35.5. The predicted octanol–water partition coefficient (Wildman–Crippen LogP) is 3.02. The minimum Gasteiger partial charge on any atom is -0.345 e. The Hall–Kier alpha value is -0.680. The Balaban J connectivity index is 2.08. The number of carbonyl (C=O) groups is 1. The molecule has 0 spiro atoms. The maximum absolute atomic E-state index is 12.4. The van der Waals surface area contributed by atoms with Crippen LogP contribution in [0.1, 0.15) is 54.9 Å². The number of aromatic nitrogens is 2. The molecule has 0 radical (unpaired) electrons. The summed E-state index contributed by atoms with van der Waals surface area (Å²) in [5.74, 6) is 1.13. The van der Waals surface area contributed by atoms with Gasteiger partial charge in [-0.05, 0) is 49.6 Å². The molecular weight excluding hydrogens is 282 g/mol. The Bertz CT molecular complexity index is 441. The molecule has 1 aliphatic carbocycles. The molecule has 0 aromatic carbocycles. The smallest absolute Gasteiger partial charge is 0.265 e. The fraction of sp³-hybridized carbons (Fsp3) is 0.769. The molecule has 0 saturated heterocycles. The first-order chi connectivity index (χ1) is 9.10. The maximum atomic E-state index is 12.4. The SMILES string of the molecule is CCc1nnsc1C(=O)NC1(CCl)CCC(C)CC1. The third-order valence-electron chi connectivity index (χ3n) is 3.96. The van der Waals surface area contributed by atoms with Crippen molar-refractivity contribution >= 4 is 29.0 Å². The number of hydrogen-bond acceptors (Lipinski definition) is 4. The fourth-order valence-corrected chi connectivity index (χ4v) is 3.50. The van der Waals surface area contributed by atoms with Crippen molar-refractivity contribution < 1.29 is 4.79 Å². The van der Waals surface area contributed by atoms with Crippen LogP contribution in [0.5, 0.6) is 0 Å². The molecule has 0 bridgehead atoms. The number of rotatable bonds is 4. The van der Waals surface area contributed by atoms with Crippen LogP contribution in [-0.4, -0.2) is 26.9 Å². The number of amides is 1. The molecule has 1 heterocycles. The Morgan fingerprint density at radius 1 is 1.53 bits per heavy atom. The molecule has 0 aliphatic heterocycles. The van der Waals surface area contributed by atoms with Crippen molar-refractivity contribution in [3.8, 4) is 0 Å². The highest BCUT2D eigenvalue weighted by Gasteiger charge is 2.35. The van der Waals surface area contributed by atoms with Crippen LogP contribution in [0, 0.1) is 5.92 Å². The molecular formula is C13H20ClN3OS. The van der Waals surface area contributed by atoms with Gasteiger partial charge in [0.25, 0.3) is 5.91 Å². The van der Waals surface area contributed by atoms with E-state index >= 15 is 0 Å². The van der Waals surface area contributed by atoms with E-state index in [0.717, 1.165) is 55.2 Å². The van der Waals surface area contributed by atoms with Gasteiger partial charge in [0, 0.05) is 5.88 Å². The van der Waals surface area contributed by atoms with Gasteiger partial charge in [-0.1, -0.05) is 18.3 Å². The van der Waals surface area contributed by atoms with E-state index in [-0.39, 0.29) is 11.4 Å². The molecule has 1 N–H and O–H groups in total. The van der Waals surface area contributed by atoms with Crippen molar-refractivity contribution in [2.45, 2.75) is 51.5 Å². The van der Waals surface area contributed by atoms with Gasteiger partial charge < -0.3 is 5.32 Å². The second-order valence-corrected chi connectivity index (χ2v) is 6.47. The van der Waals surface area contributed by atoms with Crippen LogP contribution in [0.3, 0.4) is 0 Å². The molecule has 1 saturated carbocycles. The zero-order valence-electron chi connectivity index (χ0n) is 11.4. The van der Waals surface area contributed by atoms with E-state index in [1.165, 1.54) is 0 Å². The Kier molecular flexibility index (Phi) is 4.79. The van der Waals surface area contributed by atoms with Gasteiger partial charge >= 0.3 is 0 Å². The number of alkyl halides is 1. The third kappa shape index (κ3) is 3.26. The summed E-state index contributed by atoms with van der Waals surface area (Å²) in [6, 6.07) is 0. The van der Waals surface area contributed by atoms with Gasteiger partial charge in [0.1, 0.15) is 4.88 Å². The van der Waals surface area contributed by atoms with Crippen molar-refractivity contribution in [3.63, 3.8) is 0 Å². The van der Waals surface area contributed by atoms with E-state index in [1.807, 2.05) is 6.92 Å². The van der Waals surface area contributed by atoms with E-state index in [1.54, 1.807) is 0 Å². The molecule has 0 atom stereocenters. The molecule has 19 heavy (non-hydrogen) atoms. The van der Waals surface area contributed by atoms with Gasteiger partial charge in [-0.15, -0.1) is 16.7 Å².